The predicted molar refractivity (Wildman–Crippen MR) is 87.8 cm³/mol. The molecule has 23 heavy (non-hydrogen) atoms. The van der Waals surface area contributed by atoms with Crippen molar-refractivity contribution in [2.45, 2.75) is 54.1 Å². The van der Waals surface area contributed by atoms with Crippen LogP contribution in [0.15, 0.2) is 0 Å². The van der Waals surface area contributed by atoms with Crippen LogP contribution in [0.25, 0.3) is 0 Å². The highest BCUT2D eigenvalue weighted by Gasteiger charge is 2.28. The molecule has 0 aliphatic heterocycles. The number of methoxy groups -OCH3 is 1. The number of carbonyl (C=O) groups excluding carboxylic acids is 3. The highest BCUT2D eigenvalue weighted by molar-refractivity contribution is 6.04. The van der Waals surface area contributed by atoms with E-state index < -0.39 is 5.97 Å². The topological polar surface area (TPSA) is 68.6 Å². The van der Waals surface area contributed by atoms with Crippen molar-refractivity contribution in [3.05, 3.63) is 22.5 Å². The van der Waals surface area contributed by atoms with Gasteiger partial charge in [-0.15, -0.1) is 0 Å². The maximum absolute atomic E-state index is 12.7. The van der Waals surface area contributed by atoms with Crippen LogP contribution in [0.1, 0.15) is 59.8 Å². The van der Waals surface area contributed by atoms with Crippen LogP contribution in [0.2, 0.25) is 0 Å². The third kappa shape index (κ3) is 3.63. The third-order valence-electron chi connectivity index (χ3n) is 4.08. The van der Waals surface area contributed by atoms with Gasteiger partial charge in [0, 0.05) is 30.8 Å². The Hall–Kier alpha value is -2.11. The normalized spacial score (nSPS) is 10.8. The molecule has 0 bridgehead atoms. The number of rotatable bonds is 6. The molecule has 0 aliphatic rings. The monoisotopic (exact) mass is 322 g/mol. The van der Waals surface area contributed by atoms with Crippen LogP contribution in [0.5, 0.6) is 0 Å². The summed E-state index contributed by atoms with van der Waals surface area (Å²) in [4.78, 5) is 38.0. The van der Waals surface area contributed by atoms with Gasteiger partial charge in [0.2, 0.25) is 5.91 Å². The van der Waals surface area contributed by atoms with Gasteiger partial charge in [-0.25, -0.2) is 4.79 Å². The van der Waals surface area contributed by atoms with E-state index in [-0.39, 0.29) is 24.3 Å². The lowest BCUT2D eigenvalue weighted by Crippen LogP contribution is -2.39. The summed E-state index contributed by atoms with van der Waals surface area (Å²) in [6, 6.07) is -0.0644. The molecule has 0 spiro atoms. The van der Waals surface area contributed by atoms with Gasteiger partial charge in [0.25, 0.3) is 0 Å². The number of amides is 1. The maximum Gasteiger partial charge on any atom is 0.354 e. The molecule has 0 fully saturated rings. The van der Waals surface area contributed by atoms with Crippen LogP contribution < -0.4 is 0 Å². The number of hydrogen-bond donors (Lipinski definition) is 0. The molecular weight excluding hydrogens is 296 g/mol. The molecule has 6 heteroatoms. The molecule has 0 radical (unpaired) electrons. The van der Waals surface area contributed by atoms with Gasteiger partial charge in [0.15, 0.2) is 5.78 Å². The van der Waals surface area contributed by atoms with Crippen LogP contribution >= 0.6 is 0 Å². The van der Waals surface area contributed by atoms with E-state index in [0.717, 1.165) is 5.69 Å². The van der Waals surface area contributed by atoms with Crippen LogP contribution in [-0.4, -0.2) is 46.8 Å². The number of aromatic nitrogens is 1. The molecule has 0 aliphatic carbocycles. The van der Waals surface area contributed by atoms with Crippen molar-refractivity contribution >= 4 is 17.7 Å². The first-order chi connectivity index (χ1) is 10.7. The second-order valence-corrected chi connectivity index (χ2v) is 5.83. The van der Waals surface area contributed by atoms with Crippen molar-refractivity contribution in [3.8, 4) is 0 Å². The van der Waals surface area contributed by atoms with Crippen molar-refractivity contribution in [3.63, 3.8) is 0 Å². The number of nitrogens with zero attached hydrogens (tertiary/aromatic N) is 2. The number of ketones is 1. The van der Waals surface area contributed by atoms with E-state index in [2.05, 4.69) is 0 Å². The van der Waals surface area contributed by atoms with Gasteiger partial charge >= 0.3 is 5.97 Å². The number of ether oxygens (including phenoxy) is 1. The summed E-state index contributed by atoms with van der Waals surface area (Å²) >= 11 is 0. The van der Waals surface area contributed by atoms with Crippen molar-refractivity contribution in [1.29, 1.82) is 0 Å². The molecule has 1 amide bonds. The van der Waals surface area contributed by atoms with Crippen molar-refractivity contribution < 1.29 is 19.1 Å². The first-order valence-corrected chi connectivity index (χ1v) is 7.75. The molecule has 0 atom stereocenters. The Balaban J connectivity index is 3.33. The van der Waals surface area contributed by atoms with Gasteiger partial charge in [-0.05, 0) is 40.2 Å². The minimum atomic E-state index is -0.459. The molecule has 0 aromatic carbocycles. The Labute approximate surface area is 137 Å². The smallest absolute Gasteiger partial charge is 0.354 e. The molecule has 0 N–H and O–H groups in total. The molecule has 128 valence electrons. The van der Waals surface area contributed by atoms with E-state index >= 15 is 0 Å². The largest absolute Gasteiger partial charge is 0.464 e. The summed E-state index contributed by atoms with van der Waals surface area (Å²) in [7, 11) is 1.32. The van der Waals surface area contributed by atoms with Gasteiger partial charge in [-0.2, -0.15) is 0 Å². The average molecular weight is 322 g/mol. The van der Waals surface area contributed by atoms with Gasteiger partial charge in [0.05, 0.1) is 13.7 Å². The number of esters is 1. The Morgan fingerprint density at radius 2 is 1.78 bits per heavy atom. The number of Topliss-reactive ketones (excluding diaryl/α,β-unsaturated/α-hetero) is 1. The highest BCUT2D eigenvalue weighted by Crippen LogP contribution is 2.24. The lowest BCUT2D eigenvalue weighted by atomic mass is 10.0. The summed E-state index contributed by atoms with van der Waals surface area (Å²) in [5, 5.41) is 0. The van der Waals surface area contributed by atoms with Crippen LogP contribution in [0, 0.1) is 13.8 Å². The van der Waals surface area contributed by atoms with Gasteiger partial charge in [-0.1, -0.05) is 0 Å². The quantitative estimate of drug-likeness (QED) is 0.595. The summed E-state index contributed by atoms with van der Waals surface area (Å²) in [6.45, 7) is 11.2. The third-order valence-corrected chi connectivity index (χ3v) is 4.08. The molecule has 0 saturated carbocycles. The molecule has 1 aromatic rings. The Morgan fingerprint density at radius 1 is 1.22 bits per heavy atom. The molecule has 1 aromatic heterocycles. The highest BCUT2D eigenvalue weighted by atomic mass is 16.5. The lowest BCUT2D eigenvalue weighted by Gasteiger charge is -2.24. The van der Waals surface area contributed by atoms with E-state index in [1.807, 2.05) is 27.7 Å². The maximum atomic E-state index is 12.7. The van der Waals surface area contributed by atoms with E-state index in [1.54, 1.807) is 11.5 Å². The molecule has 1 rings (SSSR count). The molecule has 1 heterocycles. The predicted octanol–water partition coefficient (Wildman–Crippen LogP) is 2.35. The zero-order chi connectivity index (χ0) is 17.9. The molecular formula is C17H26N2O4. The standard InChI is InChI=1S/C17H26N2O4/c1-8-18-12(5)15(11(4)16(18)17(22)23-7)14(21)9-19(10(2)3)13(6)20/h10H,8-9H2,1-7H3. The minimum Gasteiger partial charge on any atom is -0.464 e. The second-order valence-electron chi connectivity index (χ2n) is 5.83. The fourth-order valence-corrected chi connectivity index (χ4v) is 2.95. The number of carbonyl (C=O) groups is 3. The Morgan fingerprint density at radius 3 is 2.17 bits per heavy atom. The summed E-state index contributed by atoms with van der Waals surface area (Å²) in [5.74, 6) is -0.771. The molecule has 6 nitrogen and oxygen atoms in total. The zero-order valence-electron chi connectivity index (χ0n) is 15.0. The fourth-order valence-electron chi connectivity index (χ4n) is 2.95. The SMILES string of the molecule is CCn1c(C)c(C(=O)CN(C(C)=O)C(C)C)c(C)c1C(=O)OC. The van der Waals surface area contributed by atoms with Gasteiger partial charge in [-0.3, -0.25) is 9.59 Å². The van der Waals surface area contributed by atoms with Crippen molar-refractivity contribution in [2.24, 2.45) is 0 Å². The van der Waals surface area contributed by atoms with Gasteiger partial charge < -0.3 is 14.2 Å². The fraction of sp³-hybridized carbons (Fsp3) is 0.588. The first kappa shape index (κ1) is 18.9. The van der Waals surface area contributed by atoms with E-state index in [9.17, 15) is 14.4 Å². The van der Waals surface area contributed by atoms with E-state index in [1.165, 1.54) is 18.9 Å². The zero-order valence-corrected chi connectivity index (χ0v) is 15.0. The van der Waals surface area contributed by atoms with Crippen molar-refractivity contribution in [1.82, 2.24) is 9.47 Å². The van der Waals surface area contributed by atoms with Crippen LogP contribution in [-0.2, 0) is 16.1 Å². The first-order valence-electron chi connectivity index (χ1n) is 7.75. The average Bonchev–Trinajstić information content (AvgIpc) is 2.73. The van der Waals surface area contributed by atoms with Crippen LogP contribution in [0.4, 0.5) is 0 Å². The second kappa shape index (κ2) is 7.44. The van der Waals surface area contributed by atoms with Crippen LogP contribution in [0.3, 0.4) is 0 Å². The summed E-state index contributed by atoms with van der Waals surface area (Å²) in [5.41, 5.74) is 2.23. The van der Waals surface area contributed by atoms with E-state index in [0.29, 0.717) is 23.4 Å². The minimum absolute atomic E-state index is 0.00300. The van der Waals surface area contributed by atoms with E-state index in [4.69, 9.17) is 4.74 Å². The molecule has 0 saturated heterocycles. The van der Waals surface area contributed by atoms with Gasteiger partial charge in [0.1, 0.15) is 5.69 Å². The van der Waals surface area contributed by atoms with Crippen molar-refractivity contribution in [2.75, 3.05) is 13.7 Å². The lowest BCUT2D eigenvalue weighted by molar-refractivity contribution is -0.129. The summed E-state index contributed by atoms with van der Waals surface area (Å²) in [6.07, 6.45) is 0. The molecule has 0 unspecified atom stereocenters. The number of hydrogen-bond acceptors (Lipinski definition) is 4. The Kier molecular flexibility index (Phi) is 6.12. The Bertz CT molecular complexity index is 629. The summed E-state index contributed by atoms with van der Waals surface area (Å²) < 4.78 is 6.61.